The maximum Gasteiger partial charge on any atom is 0.105 e. The number of rotatable bonds is 8. The Balaban J connectivity index is 2.51. The van der Waals surface area contributed by atoms with Gasteiger partial charge in [-0.05, 0) is 59.0 Å². The number of hydrogen-bond acceptors (Lipinski definition) is 3. The van der Waals surface area contributed by atoms with Crippen molar-refractivity contribution in [3.63, 3.8) is 0 Å². The molecule has 0 aromatic rings. The predicted octanol–water partition coefficient (Wildman–Crippen LogP) is 2.39. The van der Waals surface area contributed by atoms with Crippen LogP contribution in [0, 0.1) is 17.2 Å². The quantitative estimate of drug-likeness (QED) is 0.704. The van der Waals surface area contributed by atoms with E-state index < -0.39 is 5.54 Å². The third-order valence-electron chi connectivity index (χ3n) is 3.83. The van der Waals surface area contributed by atoms with Gasteiger partial charge in [-0.1, -0.05) is 6.92 Å². The molecule has 0 bridgehead atoms. The highest BCUT2D eigenvalue weighted by molar-refractivity contribution is 5.04. The highest BCUT2D eigenvalue weighted by Gasteiger charge is 2.30. The summed E-state index contributed by atoms with van der Waals surface area (Å²) in [5.41, 5.74) is -0.394. The van der Waals surface area contributed by atoms with E-state index >= 15 is 0 Å². The van der Waals surface area contributed by atoms with Crippen molar-refractivity contribution in [3.05, 3.63) is 0 Å². The molecule has 98 valence electrons. The van der Waals surface area contributed by atoms with E-state index in [1.54, 1.807) is 0 Å². The second kappa shape index (κ2) is 6.37. The standard InChI is InChI=1S/C14H27N3/c1-5-8-17(10-13-6-7-13)12(2)9-14(3,11-15)16-4/h12-13,16H,5-10H2,1-4H3. The maximum absolute atomic E-state index is 9.21. The first kappa shape index (κ1) is 14.5. The van der Waals surface area contributed by atoms with Gasteiger partial charge < -0.3 is 10.2 Å². The average Bonchev–Trinajstić information content (AvgIpc) is 3.12. The minimum atomic E-state index is -0.394. The van der Waals surface area contributed by atoms with Gasteiger partial charge >= 0.3 is 0 Å². The fourth-order valence-electron chi connectivity index (χ4n) is 2.33. The second-order valence-electron chi connectivity index (χ2n) is 5.69. The van der Waals surface area contributed by atoms with Gasteiger partial charge in [-0.25, -0.2) is 0 Å². The summed E-state index contributed by atoms with van der Waals surface area (Å²) in [6.07, 6.45) is 4.88. The lowest BCUT2D eigenvalue weighted by atomic mass is 9.94. The molecule has 0 aromatic carbocycles. The Morgan fingerprint density at radius 1 is 1.53 bits per heavy atom. The van der Waals surface area contributed by atoms with Gasteiger partial charge in [0, 0.05) is 12.6 Å². The van der Waals surface area contributed by atoms with Gasteiger partial charge in [-0.3, -0.25) is 0 Å². The molecule has 2 atom stereocenters. The van der Waals surface area contributed by atoms with Crippen molar-refractivity contribution in [3.8, 4) is 6.07 Å². The van der Waals surface area contributed by atoms with Crippen molar-refractivity contribution in [2.24, 2.45) is 5.92 Å². The summed E-state index contributed by atoms with van der Waals surface area (Å²) < 4.78 is 0. The molecule has 0 aliphatic heterocycles. The Bertz CT molecular complexity index is 267. The average molecular weight is 237 g/mol. The van der Waals surface area contributed by atoms with E-state index in [0.717, 1.165) is 18.9 Å². The van der Waals surface area contributed by atoms with Crippen molar-refractivity contribution in [2.75, 3.05) is 20.1 Å². The minimum absolute atomic E-state index is 0.394. The molecule has 0 spiro atoms. The van der Waals surface area contributed by atoms with Crippen LogP contribution in [0.3, 0.4) is 0 Å². The van der Waals surface area contributed by atoms with Crippen LogP contribution < -0.4 is 5.32 Å². The number of hydrogen-bond donors (Lipinski definition) is 1. The molecule has 3 heteroatoms. The Morgan fingerprint density at radius 3 is 2.59 bits per heavy atom. The normalized spacial score (nSPS) is 20.9. The lowest BCUT2D eigenvalue weighted by molar-refractivity contribution is 0.171. The summed E-state index contributed by atoms with van der Waals surface area (Å²) in [7, 11) is 1.88. The van der Waals surface area contributed by atoms with Crippen molar-refractivity contribution in [2.45, 2.75) is 58.0 Å². The molecule has 1 N–H and O–H groups in total. The molecule has 0 aromatic heterocycles. The smallest absolute Gasteiger partial charge is 0.105 e. The summed E-state index contributed by atoms with van der Waals surface area (Å²) in [5, 5.41) is 12.3. The van der Waals surface area contributed by atoms with Crippen LogP contribution in [0.5, 0.6) is 0 Å². The topological polar surface area (TPSA) is 39.1 Å². The zero-order valence-electron chi connectivity index (χ0n) is 11.8. The van der Waals surface area contributed by atoms with Crippen molar-refractivity contribution in [1.29, 1.82) is 5.26 Å². The second-order valence-corrected chi connectivity index (χ2v) is 5.69. The summed E-state index contributed by atoms with van der Waals surface area (Å²) in [5.74, 6) is 0.923. The van der Waals surface area contributed by atoms with E-state index in [-0.39, 0.29) is 0 Å². The maximum atomic E-state index is 9.21. The third-order valence-corrected chi connectivity index (χ3v) is 3.83. The van der Waals surface area contributed by atoms with Crippen molar-refractivity contribution >= 4 is 0 Å². The van der Waals surface area contributed by atoms with E-state index in [9.17, 15) is 5.26 Å². The van der Waals surface area contributed by atoms with Gasteiger partial charge in [0.15, 0.2) is 0 Å². The molecule has 2 unspecified atom stereocenters. The lowest BCUT2D eigenvalue weighted by Gasteiger charge is -2.33. The molecule has 1 rings (SSSR count). The molecule has 1 aliphatic carbocycles. The first-order valence-corrected chi connectivity index (χ1v) is 6.89. The Morgan fingerprint density at radius 2 is 2.18 bits per heavy atom. The minimum Gasteiger partial charge on any atom is -0.303 e. The fraction of sp³-hybridized carbons (Fsp3) is 0.929. The zero-order valence-corrected chi connectivity index (χ0v) is 11.8. The number of nitriles is 1. The van der Waals surface area contributed by atoms with Crippen molar-refractivity contribution < 1.29 is 0 Å². The molecule has 1 fully saturated rings. The molecule has 0 saturated heterocycles. The van der Waals surface area contributed by atoms with Crippen LogP contribution in [-0.4, -0.2) is 36.6 Å². The molecule has 3 nitrogen and oxygen atoms in total. The lowest BCUT2D eigenvalue weighted by Crippen LogP contribution is -2.46. The van der Waals surface area contributed by atoms with Gasteiger partial charge in [0.2, 0.25) is 0 Å². The number of nitrogens with one attached hydrogen (secondary N) is 1. The summed E-state index contributed by atoms with van der Waals surface area (Å²) in [4.78, 5) is 2.56. The van der Waals surface area contributed by atoms with Crippen molar-refractivity contribution in [1.82, 2.24) is 10.2 Å². The van der Waals surface area contributed by atoms with E-state index in [4.69, 9.17) is 0 Å². The molecule has 0 heterocycles. The first-order chi connectivity index (χ1) is 8.04. The Labute approximate surface area is 106 Å². The van der Waals surface area contributed by atoms with Crippen LogP contribution in [0.4, 0.5) is 0 Å². The van der Waals surface area contributed by atoms with Crippen LogP contribution >= 0.6 is 0 Å². The number of nitrogens with zero attached hydrogens (tertiary/aromatic N) is 2. The molecule has 0 radical (unpaired) electrons. The van der Waals surface area contributed by atoms with E-state index in [1.165, 1.54) is 25.8 Å². The molecular formula is C14H27N3. The molecule has 1 saturated carbocycles. The molecular weight excluding hydrogens is 210 g/mol. The fourth-order valence-corrected chi connectivity index (χ4v) is 2.33. The van der Waals surface area contributed by atoms with Gasteiger partial charge in [0.05, 0.1) is 6.07 Å². The van der Waals surface area contributed by atoms with E-state index in [0.29, 0.717) is 6.04 Å². The van der Waals surface area contributed by atoms with Crippen LogP contribution in [0.25, 0.3) is 0 Å². The highest BCUT2D eigenvalue weighted by atomic mass is 15.2. The third kappa shape index (κ3) is 4.65. The monoisotopic (exact) mass is 237 g/mol. The predicted molar refractivity (Wildman–Crippen MR) is 71.7 cm³/mol. The molecule has 1 aliphatic rings. The van der Waals surface area contributed by atoms with Crippen LogP contribution in [0.1, 0.15) is 46.5 Å². The zero-order chi connectivity index (χ0) is 12.9. The molecule has 0 amide bonds. The van der Waals surface area contributed by atoms with Gasteiger partial charge in [0.1, 0.15) is 5.54 Å². The van der Waals surface area contributed by atoms with Gasteiger partial charge in [0.25, 0.3) is 0 Å². The van der Waals surface area contributed by atoms with E-state index in [2.05, 4.69) is 30.1 Å². The van der Waals surface area contributed by atoms with Crippen LogP contribution in [0.2, 0.25) is 0 Å². The molecule has 17 heavy (non-hydrogen) atoms. The van der Waals surface area contributed by atoms with Crippen LogP contribution in [0.15, 0.2) is 0 Å². The Kier molecular flexibility index (Phi) is 5.42. The summed E-state index contributed by atoms with van der Waals surface area (Å²) in [6.45, 7) is 8.85. The highest BCUT2D eigenvalue weighted by Crippen LogP contribution is 2.31. The van der Waals surface area contributed by atoms with Gasteiger partial charge in [-0.15, -0.1) is 0 Å². The van der Waals surface area contributed by atoms with Crippen LogP contribution in [-0.2, 0) is 0 Å². The summed E-state index contributed by atoms with van der Waals surface area (Å²) in [6, 6.07) is 2.87. The first-order valence-electron chi connectivity index (χ1n) is 6.89. The van der Waals surface area contributed by atoms with Gasteiger partial charge in [-0.2, -0.15) is 5.26 Å². The SMILES string of the molecule is CCCN(CC1CC1)C(C)CC(C)(C#N)NC. The largest absolute Gasteiger partial charge is 0.303 e. The van der Waals surface area contributed by atoms with E-state index in [1.807, 2.05) is 14.0 Å². The Hall–Kier alpha value is -0.590. The summed E-state index contributed by atoms with van der Waals surface area (Å²) >= 11 is 0.